The second kappa shape index (κ2) is 3.24. The van der Waals surface area contributed by atoms with Crippen molar-refractivity contribution in [1.29, 1.82) is 0 Å². The summed E-state index contributed by atoms with van der Waals surface area (Å²) in [5.74, 6) is 0.215. The van der Waals surface area contributed by atoms with Crippen LogP contribution in [0.1, 0.15) is 11.9 Å². The van der Waals surface area contributed by atoms with Crippen LogP contribution in [0.4, 0.5) is 0 Å². The van der Waals surface area contributed by atoms with Gasteiger partial charge < -0.3 is 20.7 Å². The van der Waals surface area contributed by atoms with E-state index in [1.54, 1.807) is 7.05 Å². The Bertz CT molecular complexity index is 329. The van der Waals surface area contributed by atoms with Crippen molar-refractivity contribution in [3.05, 3.63) is 5.82 Å². The van der Waals surface area contributed by atoms with Crippen LogP contribution in [-0.4, -0.2) is 48.9 Å². The van der Waals surface area contributed by atoms with Crippen molar-refractivity contribution in [2.45, 2.75) is 24.5 Å². The summed E-state index contributed by atoms with van der Waals surface area (Å²) in [7, 11) is 1.59. The summed E-state index contributed by atoms with van der Waals surface area (Å²) in [4.78, 5) is 1.24. The lowest BCUT2D eigenvalue weighted by atomic mass is 10.1. The molecule has 1 unspecified atom stereocenters. The molecular formula is C6H11N5O3. The Labute approximate surface area is 79.3 Å². The number of tetrazole rings is 1. The van der Waals surface area contributed by atoms with Crippen molar-refractivity contribution in [1.82, 2.24) is 20.2 Å². The third kappa shape index (κ3) is 1.38. The number of hydrogen-bond acceptors (Lipinski definition) is 7. The number of nitrogens with two attached hydrogens (primary N) is 1. The predicted molar refractivity (Wildman–Crippen MR) is 42.6 cm³/mol. The highest BCUT2D eigenvalue weighted by atomic mass is 16.6. The third-order valence-electron chi connectivity index (χ3n) is 2.08. The largest absolute Gasteiger partial charge is 0.387 e. The number of aliphatic hydroxyl groups excluding tert-OH is 2. The van der Waals surface area contributed by atoms with Gasteiger partial charge in [0.25, 0.3) is 0 Å². The fraction of sp³-hybridized carbons (Fsp3) is 0.833. The molecule has 0 aromatic carbocycles. The zero-order valence-electron chi connectivity index (χ0n) is 7.48. The van der Waals surface area contributed by atoms with Gasteiger partial charge in [-0.1, -0.05) is 0 Å². The lowest BCUT2D eigenvalue weighted by Gasteiger charge is -2.09. The maximum Gasteiger partial charge on any atom is 0.206 e. The van der Waals surface area contributed by atoms with Gasteiger partial charge >= 0.3 is 0 Å². The van der Waals surface area contributed by atoms with E-state index in [9.17, 15) is 10.2 Å². The van der Waals surface area contributed by atoms with Crippen molar-refractivity contribution in [3.63, 3.8) is 0 Å². The predicted octanol–water partition coefficient (Wildman–Crippen LogP) is -2.71. The second-order valence-electron chi connectivity index (χ2n) is 3.14. The third-order valence-corrected chi connectivity index (χ3v) is 2.08. The summed E-state index contributed by atoms with van der Waals surface area (Å²) >= 11 is 0. The number of hydrogen-bond donors (Lipinski definition) is 3. The maximum absolute atomic E-state index is 9.52. The van der Waals surface area contributed by atoms with E-state index in [4.69, 9.17) is 10.5 Å². The Morgan fingerprint density at radius 1 is 1.43 bits per heavy atom. The van der Waals surface area contributed by atoms with E-state index >= 15 is 0 Å². The van der Waals surface area contributed by atoms with Crippen LogP contribution in [0.3, 0.4) is 0 Å². The van der Waals surface area contributed by atoms with Gasteiger partial charge in [0.2, 0.25) is 5.82 Å². The molecule has 78 valence electrons. The Kier molecular flexibility index (Phi) is 2.19. The Morgan fingerprint density at radius 2 is 2.14 bits per heavy atom. The lowest BCUT2D eigenvalue weighted by molar-refractivity contribution is 0.00524. The number of nitrogens with zero attached hydrogens (tertiary/aromatic N) is 4. The molecule has 4 atom stereocenters. The smallest absolute Gasteiger partial charge is 0.206 e. The van der Waals surface area contributed by atoms with Crippen LogP contribution in [0.2, 0.25) is 0 Å². The van der Waals surface area contributed by atoms with Crippen LogP contribution in [0, 0.1) is 0 Å². The molecule has 4 N–H and O–H groups in total. The van der Waals surface area contributed by atoms with Crippen molar-refractivity contribution in [2.24, 2.45) is 12.8 Å². The maximum atomic E-state index is 9.52. The number of rotatable bonds is 1. The van der Waals surface area contributed by atoms with Gasteiger partial charge in [-0.2, -0.15) is 4.80 Å². The van der Waals surface area contributed by atoms with Crippen LogP contribution in [-0.2, 0) is 11.8 Å². The van der Waals surface area contributed by atoms with Crippen molar-refractivity contribution in [2.75, 3.05) is 0 Å². The SMILES string of the molecule is Cn1nnc([C@H]2OC(N)[C@H](O)[C@@H]2O)n1. The number of aryl methyl sites for hydroxylation is 1. The average Bonchev–Trinajstić information content (AvgIpc) is 2.66. The monoisotopic (exact) mass is 201 g/mol. The Hall–Kier alpha value is -1.09. The normalized spacial score (nSPS) is 37.7. The molecule has 0 bridgehead atoms. The summed E-state index contributed by atoms with van der Waals surface area (Å²) in [6.45, 7) is 0. The first-order chi connectivity index (χ1) is 6.59. The molecule has 1 aromatic heterocycles. The molecule has 0 amide bonds. The van der Waals surface area contributed by atoms with Gasteiger partial charge in [-0.15, -0.1) is 10.2 Å². The van der Waals surface area contributed by atoms with Crippen LogP contribution in [0.25, 0.3) is 0 Å². The summed E-state index contributed by atoms with van der Waals surface area (Å²) in [6.07, 6.45) is -3.97. The Balaban J connectivity index is 2.20. The quantitative estimate of drug-likeness (QED) is 0.451. The molecule has 8 nitrogen and oxygen atoms in total. The molecule has 1 aliphatic rings. The average molecular weight is 201 g/mol. The molecule has 2 heterocycles. The van der Waals surface area contributed by atoms with Crippen LogP contribution in [0.15, 0.2) is 0 Å². The molecule has 14 heavy (non-hydrogen) atoms. The highest BCUT2D eigenvalue weighted by Gasteiger charge is 2.43. The lowest BCUT2D eigenvalue weighted by Crippen LogP contribution is -2.36. The van der Waals surface area contributed by atoms with E-state index in [-0.39, 0.29) is 5.82 Å². The molecule has 1 fully saturated rings. The van der Waals surface area contributed by atoms with E-state index in [0.717, 1.165) is 0 Å². The van der Waals surface area contributed by atoms with E-state index in [1.807, 2.05) is 0 Å². The van der Waals surface area contributed by atoms with Gasteiger partial charge in [0, 0.05) is 0 Å². The molecule has 0 aliphatic carbocycles. The van der Waals surface area contributed by atoms with Crippen molar-refractivity contribution in [3.8, 4) is 0 Å². The molecule has 1 aromatic rings. The topological polar surface area (TPSA) is 119 Å². The van der Waals surface area contributed by atoms with Crippen LogP contribution in [0.5, 0.6) is 0 Å². The highest BCUT2D eigenvalue weighted by molar-refractivity contribution is 4.98. The highest BCUT2D eigenvalue weighted by Crippen LogP contribution is 2.28. The molecule has 8 heteroatoms. The molecule has 1 saturated heterocycles. The number of ether oxygens (including phenoxy) is 1. The molecule has 0 radical (unpaired) electrons. The first-order valence-corrected chi connectivity index (χ1v) is 4.10. The summed E-state index contributed by atoms with van der Waals surface area (Å²) in [6, 6.07) is 0. The first-order valence-electron chi connectivity index (χ1n) is 4.10. The van der Waals surface area contributed by atoms with Gasteiger partial charge in [0.05, 0.1) is 7.05 Å². The van der Waals surface area contributed by atoms with Crippen molar-refractivity contribution >= 4 is 0 Å². The molecular weight excluding hydrogens is 190 g/mol. The fourth-order valence-electron chi connectivity index (χ4n) is 1.33. The summed E-state index contributed by atoms with van der Waals surface area (Å²) < 4.78 is 5.08. The van der Waals surface area contributed by atoms with Gasteiger partial charge in [-0.3, -0.25) is 0 Å². The first kappa shape index (κ1) is 9.46. The van der Waals surface area contributed by atoms with Crippen LogP contribution >= 0.6 is 0 Å². The zero-order valence-corrected chi connectivity index (χ0v) is 7.48. The van der Waals surface area contributed by atoms with Gasteiger partial charge in [-0.25, -0.2) is 0 Å². The van der Waals surface area contributed by atoms with E-state index in [0.29, 0.717) is 0 Å². The number of aromatic nitrogens is 4. The van der Waals surface area contributed by atoms with Gasteiger partial charge in [0.1, 0.15) is 18.4 Å². The van der Waals surface area contributed by atoms with Gasteiger partial charge in [-0.05, 0) is 5.21 Å². The molecule has 0 saturated carbocycles. The van der Waals surface area contributed by atoms with E-state index < -0.39 is 24.5 Å². The number of aliphatic hydroxyl groups is 2. The summed E-state index contributed by atoms with van der Waals surface area (Å²) in [5, 5.41) is 30.0. The van der Waals surface area contributed by atoms with E-state index in [1.165, 1.54) is 4.80 Å². The minimum Gasteiger partial charge on any atom is -0.387 e. The van der Waals surface area contributed by atoms with Gasteiger partial charge in [0.15, 0.2) is 6.10 Å². The molecule has 0 spiro atoms. The minimum atomic E-state index is -1.12. The molecule has 2 rings (SSSR count). The van der Waals surface area contributed by atoms with Crippen molar-refractivity contribution < 1.29 is 14.9 Å². The minimum absolute atomic E-state index is 0.215. The summed E-state index contributed by atoms with van der Waals surface area (Å²) in [5.41, 5.74) is 5.39. The standard InChI is InChI=1S/C6H11N5O3/c1-11-9-6(8-10-11)4-2(12)3(13)5(7)14-4/h2-5,12-13H,7H2,1H3/t2-,3+,4-,5?/m0/s1. The Morgan fingerprint density at radius 3 is 2.57 bits per heavy atom. The zero-order chi connectivity index (χ0) is 10.3. The van der Waals surface area contributed by atoms with Crippen LogP contribution < -0.4 is 5.73 Å². The second-order valence-corrected chi connectivity index (χ2v) is 3.14. The van der Waals surface area contributed by atoms with E-state index in [2.05, 4.69) is 15.4 Å². The fourth-order valence-corrected chi connectivity index (χ4v) is 1.33. The molecule has 1 aliphatic heterocycles.